The number of nitrogens with one attached hydrogen (secondary N) is 1. The van der Waals surface area contributed by atoms with Gasteiger partial charge < -0.3 is 19.5 Å². The van der Waals surface area contributed by atoms with Gasteiger partial charge in [0.1, 0.15) is 0 Å². The molecule has 7 nitrogen and oxygen atoms in total. The minimum Gasteiger partial charge on any atom is -0.376 e. The van der Waals surface area contributed by atoms with E-state index in [2.05, 4.69) is 29.0 Å². The number of benzene rings is 1. The van der Waals surface area contributed by atoms with E-state index < -0.39 is 9.84 Å². The Morgan fingerprint density at radius 2 is 2.15 bits per heavy atom. The van der Waals surface area contributed by atoms with Crippen molar-refractivity contribution in [3.05, 3.63) is 46.7 Å². The molecule has 1 saturated carbocycles. The summed E-state index contributed by atoms with van der Waals surface area (Å²) in [6.07, 6.45) is 6.13. The lowest BCUT2D eigenvalue weighted by Gasteiger charge is -2.29. The third kappa shape index (κ3) is 6.71. The third-order valence-electron chi connectivity index (χ3n) is 5.97. The average Bonchev–Trinajstić information content (AvgIpc) is 3.25. The number of aromatic nitrogens is 2. The summed E-state index contributed by atoms with van der Waals surface area (Å²) in [6, 6.07) is 7.38. The van der Waals surface area contributed by atoms with Crippen LogP contribution in [0.5, 0.6) is 0 Å². The molecule has 0 spiro atoms. The van der Waals surface area contributed by atoms with E-state index in [0.29, 0.717) is 41.4 Å². The Kier molecular flexibility index (Phi) is 8.17. The van der Waals surface area contributed by atoms with Gasteiger partial charge in [-0.25, -0.2) is 13.4 Å². The first-order valence-corrected chi connectivity index (χ1v) is 14.3. The van der Waals surface area contributed by atoms with E-state index in [1.54, 1.807) is 30.5 Å². The smallest absolute Gasteiger partial charge is 0.228 e. The van der Waals surface area contributed by atoms with Gasteiger partial charge in [-0.2, -0.15) is 0 Å². The van der Waals surface area contributed by atoms with Gasteiger partial charge in [0.25, 0.3) is 0 Å². The van der Waals surface area contributed by atoms with E-state index in [1.807, 2.05) is 4.57 Å². The zero-order valence-corrected chi connectivity index (χ0v) is 22.1. The largest absolute Gasteiger partial charge is 0.376 e. The highest BCUT2D eigenvalue weighted by molar-refractivity contribution is 7.90. The number of ether oxygens (including phenoxy) is 1. The number of nitrogens with zero attached hydrogens (tertiary/aromatic N) is 3. The number of imidazole rings is 1. The van der Waals surface area contributed by atoms with Crippen molar-refractivity contribution in [2.45, 2.75) is 75.7 Å². The lowest BCUT2D eigenvalue weighted by atomic mass is 10.2. The summed E-state index contributed by atoms with van der Waals surface area (Å²) in [4.78, 5) is 6.50. The maximum absolute atomic E-state index is 13.4. The van der Waals surface area contributed by atoms with Crippen LogP contribution in [0.2, 0.25) is 5.02 Å². The lowest BCUT2D eigenvalue weighted by molar-refractivity contribution is 0.0892. The van der Waals surface area contributed by atoms with Crippen molar-refractivity contribution in [3.8, 4) is 0 Å². The van der Waals surface area contributed by atoms with Crippen LogP contribution in [0, 0.1) is 5.92 Å². The van der Waals surface area contributed by atoms with Crippen LogP contribution in [0.3, 0.4) is 0 Å². The van der Waals surface area contributed by atoms with Crippen LogP contribution in [0.25, 0.3) is 0 Å². The molecular formula is C24H33ClN4O3S2. The van der Waals surface area contributed by atoms with E-state index in [-0.39, 0.29) is 22.9 Å². The maximum atomic E-state index is 13.4. The Balaban J connectivity index is 1.60. The second-order valence-corrected chi connectivity index (χ2v) is 12.4. The fourth-order valence-corrected chi connectivity index (χ4v) is 6.19. The molecule has 4 rings (SSSR count). The topological polar surface area (TPSA) is 76.5 Å². The Bertz CT molecular complexity index is 1110. The van der Waals surface area contributed by atoms with Gasteiger partial charge in [-0.3, -0.25) is 0 Å². The Labute approximate surface area is 212 Å². The molecular weight excluding hydrogens is 492 g/mol. The standard InChI is InChI=1S/C24H33ClN4O3S2/c1-17(2)13-29-21(12-26-24(29)34(30,31)16-18-5-3-6-19(25)11-18)14-28(15-22-7-4-10-32-22)23(33)27-20-8-9-20/h3,5-6,11-12,17,20,22H,4,7-10,13-16H2,1-2H3,(H,27,33)/t22-/m0/s1. The minimum atomic E-state index is -3.67. The monoisotopic (exact) mass is 524 g/mol. The van der Waals surface area contributed by atoms with Crippen LogP contribution in [0.4, 0.5) is 0 Å². The normalized spacial score (nSPS) is 18.4. The van der Waals surface area contributed by atoms with Crippen LogP contribution >= 0.6 is 23.8 Å². The SMILES string of the molecule is CC(C)Cn1c(CN(C[C@@H]2CCCO2)C(=S)NC2CC2)cnc1S(=O)(=O)Cc1cccc(Cl)c1. The molecule has 34 heavy (non-hydrogen) atoms. The van der Waals surface area contributed by atoms with Gasteiger partial charge in [0, 0.05) is 30.8 Å². The van der Waals surface area contributed by atoms with E-state index in [1.165, 1.54) is 0 Å². The molecule has 2 heterocycles. The Morgan fingerprint density at radius 3 is 2.79 bits per heavy atom. The molecule has 2 aromatic rings. The average molecular weight is 525 g/mol. The summed E-state index contributed by atoms with van der Waals surface area (Å²) in [5.74, 6) is 0.0971. The molecule has 1 aliphatic carbocycles. The number of thiocarbonyl (C=S) groups is 1. The van der Waals surface area contributed by atoms with Crippen LogP contribution < -0.4 is 5.32 Å². The molecule has 1 aliphatic heterocycles. The molecule has 1 saturated heterocycles. The van der Waals surface area contributed by atoms with Crippen molar-refractivity contribution >= 4 is 38.8 Å². The van der Waals surface area contributed by atoms with E-state index >= 15 is 0 Å². The zero-order chi connectivity index (χ0) is 24.3. The fourth-order valence-electron chi connectivity index (χ4n) is 4.18. The molecule has 1 N–H and O–H groups in total. The van der Waals surface area contributed by atoms with Crippen molar-refractivity contribution < 1.29 is 13.2 Å². The van der Waals surface area contributed by atoms with Crippen LogP contribution in [-0.4, -0.2) is 53.3 Å². The summed E-state index contributed by atoms with van der Waals surface area (Å²) >= 11 is 11.8. The van der Waals surface area contributed by atoms with Crippen molar-refractivity contribution in [1.29, 1.82) is 0 Å². The van der Waals surface area contributed by atoms with Crippen molar-refractivity contribution in [2.24, 2.45) is 5.92 Å². The predicted octanol–water partition coefficient (Wildman–Crippen LogP) is 4.18. The Hall–Kier alpha value is -1.68. The first-order chi connectivity index (χ1) is 16.2. The van der Waals surface area contributed by atoms with E-state index in [4.69, 9.17) is 28.6 Å². The summed E-state index contributed by atoms with van der Waals surface area (Å²) in [6.45, 7) is 6.62. The van der Waals surface area contributed by atoms with Gasteiger partial charge >= 0.3 is 0 Å². The molecule has 1 aromatic carbocycles. The molecule has 0 radical (unpaired) electrons. The van der Waals surface area contributed by atoms with Gasteiger partial charge in [0.2, 0.25) is 15.0 Å². The van der Waals surface area contributed by atoms with Crippen molar-refractivity contribution in [1.82, 2.24) is 19.8 Å². The molecule has 0 unspecified atom stereocenters. The highest BCUT2D eigenvalue weighted by atomic mass is 35.5. The van der Waals surface area contributed by atoms with Crippen LogP contribution in [-0.2, 0) is 33.4 Å². The molecule has 2 aliphatic rings. The van der Waals surface area contributed by atoms with E-state index in [0.717, 1.165) is 38.0 Å². The second kappa shape index (κ2) is 10.9. The highest BCUT2D eigenvalue weighted by Crippen LogP contribution is 2.24. The summed E-state index contributed by atoms with van der Waals surface area (Å²) < 4.78 is 34.5. The highest BCUT2D eigenvalue weighted by Gasteiger charge is 2.29. The molecule has 10 heteroatoms. The molecule has 186 valence electrons. The van der Waals surface area contributed by atoms with Gasteiger partial charge in [-0.05, 0) is 61.5 Å². The van der Waals surface area contributed by atoms with Gasteiger partial charge in [-0.15, -0.1) is 0 Å². The fraction of sp³-hybridized carbons (Fsp3) is 0.583. The maximum Gasteiger partial charge on any atom is 0.228 e. The Morgan fingerprint density at radius 1 is 1.35 bits per heavy atom. The number of hydrogen-bond acceptors (Lipinski definition) is 5. The summed E-state index contributed by atoms with van der Waals surface area (Å²) in [7, 11) is -3.67. The van der Waals surface area contributed by atoms with Gasteiger partial charge in [0.05, 0.1) is 30.3 Å². The van der Waals surface area contributed by atoms with Crippen molar-refractivity contribution in [3.63, 3.8) is 0 Å². The number of halogens is 1. The lowest BCUT2D eigenvalue weighted by Crippen LogP contribution is -2.44. The van der Waals surface area contributed by atoms with Crippen LogP contribution in [0.15, 0.2) is 35.6 Å². The molecule has 1 aromatic heterocycles. The van der Waals surface area contributed by atoms with Gasteiger partial charge in [-0.1, -0.05) is 37.6 Å². The number of hydrogen-bond donors (Lipinski definition) is 1. The number of sulfone groups is 1. The first kappa shape index (κ1) is 25.4. The van der Waals surface area contributed by atoms with E-state index in [9.17, 15) is 8.42 Å². The molecule has 2 fully saturated rings. The van der Waals surface area contributed by atoms with Crippen molar-refractivity contribution in [2.75, 3.05) is 13.2 Å². The minimum absolute atomic E-state index is 0.0920. The number of rotatable bonds is 10. The van der Waals surface area contributed by atoms with Gasteiger partial charge in [0.15, 0.2) is 5.11 Å². The quantitative estimate of drug-likeness (QED) is 0.467. The molecule has 0 bridgehead atoms. The summed E-state index contributed by atoms with van der Waals surface area (Å²) in [5, 5.41) is 4.72. The summed E-state index contributed by atoms with van der Waals surface area (Å²) in [5.41, 5.74) is 1.47. The third-order valence-corrected chi connectivity index (χ3v) is 8.17. The first-order valence-electron chi connectivity index (χ1n) is 11.9. The molecule has 0 amide bonds. The predicted molar refractivity (Wildman–Crippen MR) is 138 cm³/mol. The zero-order valence-electron chi connectivity index (χ0n) is 19.7. The van der Waals surface area contributed by atoms with Crippen LogP contribution in [0.1, 0.15) is 50.8 Å². The molecule has 1 atom stereocenters. The second-order valence-electron chi connectivity index (χ2n) is 9.66.